The molecule has 2 nitrogen and oxygen atoms in total. The van der Waals surface area contributed by atoms with E-state index in [9.17, 15) is 0 Å². The monoisotopic (exact) mass is 278 g/mol. The summed E-state index contributed by atoms with van der Waals surface area (Å²) in [7, 11) is 0. The SMILES string of the molecule is CCN(CC)c1ccc2c(c1)CC1c3ccccc3NC21. The van der Waals surface area contributed by atoms with Crippen LogP contribution in [0.4, 0.5) is 11.4 Å². The summed E-state index contributed by atoms with van der Waals surface area (Å²) in [4.78, 5) is 2.43. The molecule has 0 radical (unpaired) electrons. The van der Waals surface area contributed by atoms with Crippen molar-refractivity contribution in [1.29, 1.82) is 0 Å². The number of benzene rings is 2. The van der Waals surface area contributed by atoms with Gasteiger partial charge in [-0.2, -0.15) is 0 Å². The Morgan fingerprint density at radius 3 is 2.67 bits per heavy atom. The lowest BCUT2D eigenvalue weighted by Gasteiger charge is -2.22. The molecule has 2 aromatic rings. The third-order valence-corrected chi connectivity index (χ3v) is 5.10. The van der Waals surface area contributed by atoms with Crippen molar-refractivity contribution in [2.75, 3.05) is 23.3 Å². The molecular formula is C19H22N2. The van der Waals surface area contributed by atoms with Crippen LogP contribution in [0.2, 0.25) is 0 Å². The summed E-state index contributed by atoms with van der Waals surface area (Å²) in [6.07, 6.45) is 1.17. The largest absolute Gasteiger partial charge is 0.377 e. The molecule has 2 atom stereocenters. The molecule has 0 aromatic heterocycles. The molecule has 2 aliphatic rings. The predicted molar refractivity (Wildman–Crippen MR) is 89.3 cm³/mol. The highest BCUT2D eigenvalue weighted by molar-refractivity contribution is 5.65. The van der Waals surface area contributed by atoms with Gasteiger partial charge in [0.1, 0.15) is 0 Å². The van der Waals surface area contributed by atoms with Crippen molar-refractivity contribution >= 4 is 11.4 Å². The van der Waals surface area contributed by atoms with Crippen LogP contribution in [0.3, 0.4) is 0 Å². The van der Waals surface area contributed by atoms with Gasteiger partial charge in [-0.3, -0.25) is 0 Å². The Bertz CT molecular complexity index is 673. The Hall–Kier alpha value is -1.96. The minimum atomic E-state index is 0.475. The van der Waals surface area contributed by atoms with Crippen molar-refractivity contribution < 1.29 is 0 Å². The van der Waals surface area contributed by atoms with E-state index < -0.39 is 0 Å². The van der Waals surface area contributed by atoms with Crippen molar-refractivity contribution in [3.05, 3.63) is 59.2 Å². The number of rotatable bonds is 3. The van der Waals surface area contributed by atoms with E-state index in [0.717, 1.165) is 13.1 Å². The standard InChI is InChI=1S/C19H22N2/c1-3-21(4-2)14-9-10-15-13(11-14)12-17-16-7-5-6-8-18(16)20-19(15)17/h5-11,17,19-20H,3-4,12H2,1-2H3. The van der Waals surface area contributed by atoms with E-state index >= 15 is 0 Å². The Morgan fingerprint density at radius 1 is 1.05 bits per heavy atom. The first-order valence-corrected chi connectivity index (χ1v) is 8.05. The molecule has 0 saturated carbocycles. The molecule has 1 aliphatic heterocycles. The lowest BCUT2D eigenvalue weighted by atomic mass is 9.96. The van der Waals surface area contributed by atoms with Crippen LogP contribution >= 0.6 is 0 Å². The first kappa shape index (κ1) is 12.8. The number of nitrogens with one attached hydrogen (secondary N) is 1. The van der Waals surface area contributed by atoms with Gasteiger partial charge in [-0.05, 0) is 55.2 Å². The first-order valence-electron chi connectivity index (χ1n) is 8.05. The van der Waals surface area contributed by atoms with Crippen LogP contribution in [0.25, 0.3) is 0 Å². The molecule has 1 aliphatic carbocycles. The number of para-hydroxylation sites is 1. The summed E-state index contributed by atoms with van der Waals surface area (Å²) in [5.41, 5.74) is 7.20. The maximum Gasteiger partial charge on any atom is 0.0589 e. The summed E-state index contributed by atoms with van der Waals surface area (Å²) in [5.74, 6) is 0.614. The van der Waals surface area contributed by atoms with Crippen molar-refractivity contribution in [3.8, 4) is 0 Å². The minimum Gasteiger partial charge on any atom is -0.377 e. The van der Waals surface area contributed by atoms with Gasteiger partial charge in [0.2, 0.25) is 0 Å². The summed E-state index contributed by atoms with van der Waals surface area (Å²) in [6.45, 7) is 6.60. The zero-order valence-corrected chi connectivity index (χ0v) is 12.8. The summed E-state index contributed by atoms with van der Waals surface area (Å²) in [5, 5.41) is 3.72. The number of hydrogen-bond donors (Lipinski definition) is 1. The van der Waals surface area contributed by atoms with E-state index in [0.29, 0.717) is 12.0 Å². The van der Waals surface area contributed by atoms with Crippen molar-refractivity contribution in [2.45, 2.75) is 32.2 Å². The maximum atomic E-state index is 3.72. The molecule has 21 heavy (non-hydrogen) atoms. The Labute approximate surface area is 126 Å². The topological polar surface area (TPSA) is 15.3 Å². The van der Waals surface area contributed by atoms with E-state index in [4.69, 9.17) is 0 Å². The molecule has 0 fully saturated rings. The predicted octanol–water partition coefficient (Wildman–Crippen LogP) is 4.34. The zero-order chi connectivity index (χ0) is 14.4. The van der Waals surface area contributed by atoms with Crippen molar-refractivity contribution in [2.24, 2.45) is 0 Å². The van der Waals surface area contributed by atoms with Gasteiger partial charge >= 0.3 is 0 Å². The zero-order valence-electron chi connectivity index (χ0n) is 12.8. The molecule has 2 aromatic carbocycles. The maximum absolute atomic E-state index is 3.72. The Morgan fingerprint density at radius 2 is 1.86 bits per heavy atom. The first-order chi connectivity index (χ1) is 10.3. The van der Waals surface area contributed by atoms with Crippen LogP contribution < -0.4 is 10.2 Å². The van der Waals surface area contributed by atoms with E-state index in [1.807, 2.05) is 0 Å². The van der Waals surface area contributed by atoms with E-state index in [2.05, 4.69) is 66.5 Å². The fourth-order valence-corrected chi connectivity index (χ4v) is 4.02. The van der Waals surface area contributed by atoms with Crippen LogP contribution in [0.1, 0.15) is 42.5 Å². The normalized spacial score (nSPS) is 21.4. The molecule has 1 heterocycles. The fourth-order valence-electron chi connectivity index (χ4n) is 4.02. The van der Waals surface area contributed by atoms with Gasteiger partial charge in [0.15, 0.2) is 0 Å². The van der Waals surface area contributed by atoms with Crippen LogP contribution in [-0.4, -0.2) is 13.1 Å². The summed E-state index contributed by atoms with van der Waals surface area (Å²) < 4.78 is 0. The highest BCUT2D eigenvalue weighted by atomic mass is 15.1. The minimum absolute atomic E-state index is 0.475. The quantitative estimate of drug-likeness (QED) is 0.898. The molecule has 2 unspecified atom stereocenters. The molecule has 0 spiro atoms. The second kappa shape index (κ2) is 4.80. The molecule has 2 heteroatoms. The van der Waals surface area contributed by atoms with Crippen molar-refractivity contribution in [3.63, 3.8) is 0 Å². The van der Waals surface area contributed by atoms with Crippen LogP contribution in [0, 0.1) is 0 Å². The van der Waals surface area contributed by atoms with Gasteiger partial charge in [-0.1, -0.05) is 24.3 Å². The number of fused-ring (bicyclic) bond motifs is 5. The number of hydrogen-bond acceptors (Lipinski definition) is 2. The average Bonchev–Trinajstić information content (AvgIpc) is 3.04. The highest BCUT2D eigenvalue weighted by Gasteiger charge is 2.39. The molecule has 1 N–H and O–H groups in total. The van der Waals surface area contributed by atoms with Gasteiger partial charge in [0, 0.05) is 30.4 Å². The second-order valence-corrected chi connectivity index (χ2v) is 6.08. The molecule has 0 bridgehead atoms. The number of anilines is 2. The average molecular weight is 278 g/mol. The Kier molecular flexibility index (Phi) is 2.91. The fraction of sp³-hybridized carbons (Fsp3) is 0.368. The highest BCUT2D eigenvalue weighted by Crippen LogP contribution is 2.51. The van der Waals surface area contributed by atoms with Crippen LogP contribution in [-0.2, 0) is 6.42 Å². The Balaban J connectivity index is 1.69. The van der Waals surface area contributed by atoms with Gasteiger partial charge < -0.3 is 10.2 Å². The lowest BCUT2D eigenvalue weighted by Crippen LogP contribution is -2.21. The summed E-state index contributed by atoms with van der Waals surface area (Å²) in [6, 6.07) is 16.3. The van der Waals surface area contributed by atoms with Gasteiger partial charge in [-0.15, -0.1) is 0 Å². The van der Waals surface area contributed by atoms with Gasteiger partial charge in [0.25, 0.3) is 0 Å². The van der Waals surface area contributed by atoms with Crippen molar-refractivity contribution in [1.82, 2.24) is 0 Å². The van der Waals surface area contributed by atoms with E-state index in [1.165, 1.54) is 34.5 Å². The smallest absolute Gasteiger partial charge is 0.0589 e. The molecule has 0 saturated heterocycles. The molecule has 4 rings (SSSR count). The van der Waals surface area contributed by atoms with Gasteiger partial charge in [0.05, 0.1) is 6.04 Å². The molecule has 0 amide bonds. The molecule has 108 valence electrons. The number of nitrogens with zero attached hydrogens (tertiary/aromatic N) is 1. The van der Waals surface area contributed by atoms with Gasteiger partial charge in [-0.25, -0.2) is 0 Å². The summed E-state index contributed by atoms with van der Waals surface area (Å²) >= 11 is 0. The third kappa shape index (κ3) is 1.85. The van der Waals surface area contributed by atoms with Crippen LogP contribution in [0.5, 0.6) is 0 Å². The second-order valence-electron chi connectivity index (χ2n) is 6.08. The van der Waals surface area contributed by atoms with E-state index in [-0.39, 0.29) is 0 Å². The van der Waals surface area contributed by atoms with E-state index in [1.54, 1.807) is 0 Å². The third-order valence-electron chi connectivity index (χ3n) is 5.10. The van der Waals surface area contributed by atoms with Crippen LogP contribution in [0.15, 0.2) is 42.5 Å². The lowest BCUT2D eigenvalue weighted by molar-refractivity contribution is 0.677. The molecular weight excluding hydrogens is 256 g/mol.